The van der Waals surface area contributed by atoms with Crippen molar-refractivity contribution in [3.63, 3.8) is 0 Å². The Morgan fingerprint density at radius 3 is 2.75 bits per heavy atom. The van der Waals surface area contributed by atoms with Crippen molar-refractivity contribution in [3.8, 4) is 0 Å². The quantitative estimate of drug-likeness (QED) is 0.893. The average Bonchev–Trinajstić information content (AvgIpc) is 2.99. The van der Waals surface area contributed by atoms with E-state index in [2.05, 4.69) is 15.9 Å². The van der Waals surface area contributed by atoms with Crippen LogP contribution in [0.25, 0.3) is 0 Å². The van der Waals surface area contributed by atoms with Crippen LogP contribution in [0.15, 0.2) is 16.6 Å². The molecule has 20 heavy (non-hydrogen) atoms. The van der Waals surface area contributed by atoms with Gasteiger partial charge in [0.2, 0.25) is 0 Å². The molecule has 1 aliphatic carbocycles. The number of rotatable bonds is 2. The first-order valence-electron chi connectivity index (χ1n) is 6.00. The monoisotopic (exact) mass is 345 g/mol. The van der Waals surface area contributed by atoms with Crippen molar-refractivity contribution in [2.24, 2.45) is 0 Å². The molecule has 1 N–H and O–H groups in total. The highest BCUT2D eigenvalue weighted by atomic mass is 79.9. The minimum atomic E-state index is -1.26. The van der Waals surface area contributed by atoms with E-state index in [0.29, 0.717) is 0 Å². The number of hydrogen-bond acceptors (Lipinski definition) is 2. The summed E-state index contributed by atoms with van der Waals surface area (Å²) in [6, 6.07) is 2.78. The minimum absolute atomic E-state index is 0.0540. The summed E-state index contributed by atoms with van der Waals surface area (Å²) in [5.41, 5.74) is -0.962. The lowest BCUT2D eigenvalue weighted by molar-refractivity contribution is -0.137. The molecule has 1 spiro atoms. The number of fused-ring (bicyclic) bond motifs is 2. The molecule has 1 fully saturated rings. The Morgan fingerprint density at radius 1 is 1.55 bits per heavy atom. The van der Waals surface area contributed by atoms with E-state index in [1.54, 1.807) is 0 Å². The molecular formula is C13H10BrF2NO3. The molecule has 1 aliphatic heterocycles. The first kappa shape index (κ1) is 13.5. The molecule has 3 rings (SSSR count). The van der Waals surface area contributed by atoms with Gasteiger partial charge in [0.25, 0.3) is 5.91 Å². The van der Waals surface area contributed by atoms with E-state index in [-0.39, 0.29) is 28.6 Å². The fourth-order valence-corrected chi connectivity index (χ4v) is 3.18. The first-order chi connectivity index (χ1) is 9.36. The molecule has 0 radical (unpaired) electrons. The van der Waals surface area contributed by atoms with Crippen molar-refractivity contribution in [1.29, 1.82) is 0 Å². The summed E-state index contributed by atoms with van der Waals surface area (Å²) in [6.07, 6.45) is -1.15. The maximum atomic E-state index is 14.3. The van der Waals surface area contributed by atoms with Gasteiger partial charge in [0.1, 0.15) is 18.5 Å². The van der Waals surface area contributed by atoms with Gasteiger partial charge in [-0.2, -0.15) is 0 Å². The second-order valence-electron chi connectivity index (χ2n) is 5.17. The summed E-state index contributed by atoms with van der Waals surface area (Å²) in [5, 5.41) is 8.82. The molecule has 1 unspecified atom stereocenters. The number of halogens is 3. The van der Waals surface area contributed by atoms with Crippen LogP contribution < -0.4 is 0 Å². The van der Waals surface area contributed by atoms with Gasteiger partial charge in [0, 0.05) is 17.7 Å². The molecular weight excluding hydrogens is 336 g/mol. The zero-order valence-electron chi connectivity index (χ0n) is 10.2. The van der Waals surface area contributed by atoms with E-state index in [1.165, 1.54) is 12.1 Å². The number of carbonyl (C=O) groups is 2. The van der Waals surface area contributed by atoms with Gasteiger partial charge >= 0.3 is 5.97 Å². The minimum Gasteiger partial charge on any atom is -0.480 e. The van der Waals surface area contributed by atoms with Gasteiger partial charge in [-0.25, -0.2) is 8.78 Å². The summed E-state index contributed by atoms with van der Waals surface area (Å²) in [6.45, 7) is -0.607. The average molecular weight is 346 g/mol. The fourth-order valence-electron chi connectivity index (χ4n) is 2.85. The van der Waals surface area contributed by atoms with Crippen LogP contribution in [0.2, 0.25) is 0 Å². The predicted molar refractivity (Wildman–Crippen MR) is 68.8 cm³/mol. The van der Waals surface area contributed by atoms with Crippen molar-refractivity contribution in [3.05, 3.63) is 33.5 Å². The van der Waals surface area contributed by atoms with Crippen LogP contribution in [0.1, 0.15) is 22.3 Å². The van der Waals surface area contributed by atoms with Gasteiger partial charge < -0.3 is 10.0 Å². The van der Waals surface area contributed by atoms with Gasteiger partial charge in [0.15, 0.2) is 0 Å². The lowest BCUT2D eigenvalue weighted by Crippen LogP contribution is -2.47. The molecule has 2 atom stereocenters. The molecule has 0 bridgehead atoms. The van der Waals surface area contributed by atoms with Crippen LogP contribution in [-0.2, 0) is 10.2 Å². The lowest BCUT2D eigenvalue weighted by atomic mass is 9.85. The number of carbonyl (C=O) groups excluding carboxylic acids is 1. The van der Waals surface area contributed by atoms with Crippen LogP contribution in [0.5, 0.6) is 0 Å². The van der Waals surface area contributed by atoms with E-state index in [0.717, 1.165) is 4.90 Å². The molecule has 1 amide bonds. The SMILES string of the molecule is O=C(O)CN1C[C@@]2(CC2F)c2c(ccc(Br)c2F)C1=O. The number of benzene rings is 1. The zero-order chi connectivity index (χ0) is 14.7. The van der Waals surface area contributed by atoms with E-state index in [4.69, 9.17) is 5.11 Å². The van der Waals surface area contributed by atoms with Gasteiger partial charge in [-0.05, 0) is 34.5 Å². The normalized spacial score (nSPS) is 27.6. The Bertz CT molecular complexity index is 636. The molecule has 1 aromatic carbocycles. The van der Waals surface area contributed by atoms with Crippen LogP contribution >= 0.6 is 15.9 Å². The van der Waals surface area contributed by atoms with E-state index < -0.39 is 35.8 Å². The summed E-state index contributed by atoms with van der Waals surface area (Å²) in [7, 11) is 0. The highest BCUT2D eigenvalue weighted by Crippen LogP contribution is 2.55. The topological polar surface area (TPSA) is 57.6 Å². The zero-order valence-corrected chi connectivity index (χ0v) is 11.8. The molecule has 1 saturated carbocycles. The third-order valence-corrected chi connectivity index (χ3v) is 4.50. The number of hydrogen-bond donors (Lipinski definition) is 1. The van der Waals surface area contributed by atoms with E-state index >= 15 is 0 Å². The highest BCUT2D eigenvalue weighted by Gasteiger charge is 2.62. The van der Waals surface area contributed by atoms with Gasteiger partial charge in [0.05, 0.1) is 9.89 Å². The number of carboxylic acid groups (broad SMARTS) is 1. The second kappa shape index (κ2) is 4.25. The Labute approximate surface area is 121 Å². The molecule has 2 aliphatic rings. The van der Waals surface area contributed by atoms with Crippen molar-refractivity contribution >= 4 is 27.8 Å². The van der Waals surface area contributed by atoms with Crippen LogP contribution in [0.4, 0.5) is 8.78 Å². The molecule has 7 heteroatoms. The van der Waals surface area contributed by atoms with Crippen molar-refractivity contribution in [2.45, 2.75) is 18.0 Å². The standard InChI is InChI=1S/C13H10BrF2NO3/c14-7-2-1-6-10(11(7)16)13(3-8(13)15)5-17(12(6)20)4-9(18)19/h1-2,8H,3-5H2,(H,18,19)/t8?,13-/m1/s1. The molecule has 0 aromatic heterocycles. The summed E-state index contributed by atoms with van der Waals surface area (Å²) in [4.78, 5) is 24.1. The first-order valence-corrected chi connectivity index (χ1v) is 6.80. The molecule has 106 valence electrons. The Morgan fingerprint density at radius 2 is 2.20 bits per heavy atom. The molecule has 4 nitrogen and oxygen atoms in total. The second-order valence-corrected chi connectivity index (χ2v) is 6.02. The molecule has 1 aromatic rings. The van der Waals surface area contributed by atoms with Crippen LogP contribution in [0.3, 0.4) is 0 Å². The third-order valence-electron chi connectivity index (χ3n) is 3.89. The van der Waals surface area contributed by atoms with Crippen molar-refractivity contribution < 1.29 is 23.5 Å². The predicted octanol–water partition coefficient (Wildman–Crippen LogP) is 2.11. The lowest BCUT2D eigenvalue weighted by Gasteiger charge is -2.34. The number of aliphatic carboxylic acids is 1. The summed E-state index contributed by atoms with van der Waals surface area (Å²) in [5.74, 6) is -2.38. The Kier molecular flexibility index (Phi) is 2.86. The number of alkyl halides is 1. The summed E-state index contributed by atoms with van der Waals surface area (Å²) < 4.78 is 28.2. The Balaban J connectivity index is 2.13. The van der Waals surface area contributed by atoms with E-state index in [1.807, 2.05) is 0 Å². The number of amides is 1. The number of carboxylic acids is 1. The van der Waals surface area contributed by atoms with Crippen LogP contribution in [-0.4, -0.2) is 41.1 Å². The third kappa shape index (κ3) is 1.76. The Hall–Kier alpha value is -1.50. The van der Waals surface area contributed by atoms with Crippen molar-refractivity contribution in [2.75, 3.05) is 13.1 Å². The maximum Gasteiger partial charge on any atom is 0.323 e. The van der Waals surface area contributed by atoms with E-state index in [9.17, 15) is 18.4 Å². The molecule has 0 saturated heterocycles. The fraction of sp³-hybridized carbons (Fsp3) is 0.385. The van der Waals surface area contributed by atoms with Crippen LogP contribution in [0, 0.1) is 5.82 Å². The van der Waals surface area contributed by atoms with Gasteiger partial charge in [-0.3, -0.25) is 9.59 Å². The van der Waals surface area contributed by atoms with Crippen molar-refractivity contribution in [1.82, 2.24) is 4.90 Å². The highest BCUT2D eigenvalue weighted by molar-refractivity contribution is 9.10. The van der Waals surface area contributed by atoms with Gasteiger partial charge in [-0.15, -0.1) is 0 Å². The largest absolute Gasteiger partial charge is 0.480 e. The smallest absolute Gasteiger partial charge is 0.323 e. The summed E-state index contributed by atoms with van der Waals surface area (Å²) >= 11 is 3.03. The molecule has 1 heterocycles. The number of nitrogens with zero attached hydrogens (tertiary/aromatic N) is 1. The maximum absolute atomic E-state index is 14.3. The van der Waals surface area contributed by atoms with Gasteiger partial charge in [-0.1, -0.05) is 0 Å².